The van der Waals surface area contributed by atoms with E-state index in [1.54, 1.807) is 0 Å². The molecule has 0 N–H and O–H groups in total. The van der Waals surface area contributed by atoms with Gasteiger partial charge in [0.25, 0.3) is 0 Å². The van der Waals surface area contributed by atoms with Crippen LogP contribution in [0.2, 0.25) is 0 Å². The van der Waals surface area contributed by atoms with Gasteiger partial charge >= 0.3 is 0 Å². The molecule has 0 unspecified atom stereocenters. The molecular formula is C50H33N3O. The van der Waals surface area contributed by atoms with Gasteiger partial charge in [0, 0.05) is 38.9 Å². The molecule has 4 heteroatoms. The van der Waals surface area contributed by atoms with Gasteiger partial charge in [0.15, 0.2) is 11.5 Å². The number of anilines is 6. The van der Waals surface area contributed by atoms with Gasteiger partial charge in [-0.25, -0.2) is 0 Å². The van der Waals surface area contributed by atoms with E-state index in [1.807, 2.05) is 24.3 Å². The normalized spacial score (nSPS) is 12.2. The van der Waals surface area contributed by atoms with E-state index < -0.39 is 0 Å². The number of ether oxygens (including phenoxy) is 1. The van der Waals surface area contributed by atoms with E-state index in [1.165, 1.54) is 32.3 Å². The summed E-state index contributed by atoms with van der Waals surface area (Å²) in [4.78, 5) is 4.71. The van der Waals surface area contributed by atoms with E-state index in [0.29, 0.717) is 0 Å². The van der Waals surface area contributed by atoms with Crippen LogP contribution >= 0.6 is 0 Å². The lowest BCUT2D eigenvalue weighted by molar-refractivity contribution is 0.477. The van der Waals surface area contributed by atoms with Crippen molar-refractivity contribution < 1.29 is 4.74 Å². The van der Waals surface area contributed by atoms with Gasteiger partial charge < -0.3 is 19.1 Å². The summed E-state index contributed by atoms with van der Waals surface area (Å²) < 4.78 is 8.73. The minimum Gasteiger partial charge on any atom is -0.453 e. The van der Waals surface area contributed by atoms with E-state index in [0.717, 1.165) is 62.3 Å². The summed E-state index contributed by atoms with van der Waals surface area (Å²) in [5.74, 6) is 1.68. The summed E-state index contributed by atoms with van der Waals surface area (Å²) in [5, 5.41) is 7.34. The van der Waals surface area contributed by atoms with Crippen molar-refractivity contribution in [3.8, 4) is 17.2 Å². The van der Waals surface area contributed by atoms with E-state index in [9.17, 15) is 0 Å². The zero-order chi connectivity index (χ0) is 35.6. The molecule has 0 amide bonds. The maximum atomic E-state index is 6.34. The number of benzene rings is 9. The Bertz CT molecular complexity index is 3010. The van der Waals surface area contributed by atoms with Gasteiger partial charge in [-0.05, 0) is 101 Å². The molecule has 0 saturated heterocycles. The Balaban J connectivity index is 1.11. The molecule has 10 aromatic rings. The summed E-state index contributed by atoms with van der Waals surface area (Å²) in [6.45, 7) is 0. The number of hydrogen-bond donors (Lipinski definition) is 0. The Hall–Kier alpha value is -7.30. The second-order valence-electron chi connectivity index (χ2n) is 13.8. The average molecular weight is 692 g/mol. The molecule has 2 heterocycles. The number of fused-ring (bicyclic) bond motifs is 8. The summed E-state index contributed by atoms with van der Waals surface area (Å²) >= 11 is 0. The molecule has 1 aliphatic heterocycles. The summed E-state index contributed by atoms with van der Waals surface area (Å²) in [6.07, 6.45) is 0. The molecule has 0 spiro atoms. The Kier molecular flexibility index (Phi) is 6.82. The Morgan fingerprint density at radius 2 is 0.981 bits per heavy atom. The van der Waals surface area contributed by atoms with Gasteiger partial charge in [-0.1, -0.05) is 115 Å². The van der Waals surface area contributed by atoms with Gasteiger partial charge in [-0.3, -0.25) is 0 Å². The van der Waals surface area contributed by atoms with Crippen LogP contribution in [-0.2, 0) is 0 Å². The Morgan fingerprint density at radius 3 is 1.78 bits per heavy atom. The number of para-hydroxylation sites is 6. The van der Waals surface area contributed by atoms with Gasteiger partial charge in [0.1, 0.15) is 0 Å². The zero-order valence-corrected chi connectivity index (χ0v) is 29.3. The van der Waals surface area contributed by atoms with Crippen molar-refractivity contribution in [1.82, 2.24) is 4.57 Å². The molecule has 1 aromatic heterocycles. The topological polar surface area (TPSA) is 20.6 Å². The first-order valence-corrected chi connectivity index (χ1v) is 18.4. The van der Waals surface area contributed by atoms with Crippen LogP contribution in [0, 0.1) is 0 Å². The van der Waals surface area contributed by atoms with Crippen molar-refractivity contribution in [2.45, 2.75) is 0 Å². The van der Waals surface area contributed by atoms with E-state index in [2.05, 4.69) is 190 Å². The molecule has 0 fully saturated rings. The Morgan fingerprint density at radius 1 is 0.370 bits per heavy atom. The van der Waals surface area contributed by atoms with Crippen molar-refractivity contribution in [3.63, 3.8) is 0 Å². The van der Waals surface area contributed by atoms with Gasteiger partial charge in [-0.15, -0.1) is 0 Å². The molecule has 0 bridgehead atoms. The van der Waals surface area contributed by atoms with Crippen LogP contribution in [0.25, 0.3) is 49.0 Å². The van der Waals surface area contributed by atoms with Crippen LogP contribution in [-0.4, -0.2) is 4.57 Å². The van der Waals surface area contributed by atoms with Crippen molar-refractivity contribution in [2.24, 2.45) is 0 Å². The number of aromatic nitrogens is 1. The fourth-order valence-corrected chi connectivity index (χ4v) is 8.36. The largest absolute Gasteiger partial charge is 0.453 e. The third kappa shape index (κ3) is 4.70. The van der Waals surface area contributed by atoms with Crippen LogP contribution in [0.4, 0.5) is 34.1 Å². The average Bonchev–Trinajstić information content (AvgIpc) is 3.57. The van der Waals surface area contributed by atoms with Crippen molar-refractivity contribution in [2.75, 3.05) is 9.80 Å². The van der Waals surface area contributed by atoms with Gasteiger partial charge in [0.2, 0.25) is 0 Å². The predicted molar refractivity (Wildman–Crippen MR) is 225 cm³/mol. The molecule has 0 atom stereocenters. The zero-order valence-electron chi connectivity index (χ0n) is 29.3. The molecule has 9 aromatic carbocycles. The van der Waals surface area contributed by atoms with Gasteiger partial charge in [0.05, 0.1) is 28.1 Å². The van der Waals surface area contributed by atoms with Crippen molar-refractivity contribution >= 4 is 77.5 Å². The first-order chi connectivity index (χ1) is 26.8. The molecule has 0 radical (unpaired) electrons. The van der Waals surface area contributed by atoms with Crippen LogP contribution in [0.5, 0.6) is 11.5 Å². The van der Waals surface area contributed by atoms with Crippen molar-refractivity contribution in [3.05, 3.63) is 200 Å². The van der Waals surface area contributed by atoms with Crippen LogP contribution in [0.3, 0.4) is 0 Å². The predicted octanol–water partition coefficient (Wildman–Crippen LogP) is 14.1. The lowest BCUT2D eigenvalue weighted by Crippen LogP contribution is -2.15. The smallest absolute Gasteiger partial charge is 0.151 e. The molecule has 54 heavy (non-hydrogen) atoms. The number of hydrogen-bond acceptors (Lipinski definition) is 3. The number of nitrogens with zero attached hydrogens (tertiary/aromatic N) is 3. The van der Waals surface area contributed by atoms with E-state index in [4.69, 9.17) is 4.74 Å². The third-order valence-corrected chi connectivity index (χ3v) is 10.7. The maximum absolute atomic E-state index is 6.34. The fraction of sp³-hybridized carbons (Fsp3) is 0. The van der Waals surface area contributed by atoms with E-state index in [-0.39, 0.29) is 0 Å². The molecule has 254 valence electrons. The van der Waals surface area contributed by atoms with Crippen LogP contribution in [0.1, 0.15) is 0 Å². The second kappa shape index (κ2) is 12.1. The lowest BCUT2D eigenvalue weighted by atomic mass is 9.99. The summed E-state index contributed by atoms with van der Waals surface area (Å²) in [7, 11) is 0. The van der Waals surface area contributed by atoms with Crippen LogP contribution < -0.4 is 14.5 Å². The molecule has 0 saturated carbocycles. The molecule has 1 aliphatic rings. The highest BCUT2D eigenvalue weighted by Gasteiger charge is 2.26. The highest BCUT2D eigenvalue weighted by Crippen LogP contribution is 2.51. The van der Waals surface area contributed by atoms with Crippen LogP contribution in [0.15, 0.2) is 200 Å². The Labute approximate surface area is 312 Å². The SMILES string of the molecule is c1ccc(N(c2ccc3c(c2)c2ccccc2n3-c2cccc(N3c4ccccc4Oc4ccccc43)c2)c2cc3ccccc3c3ccccc23)cc1. The summed E-state index contributed by atoms with van der Waals surface area (Å²) in [5.41, 5.74) is 9.86. The minimum absolute atomic E-state index is 0.841. The molecular weight excluding hydrogens is 659 g/mol. The summed E-state index contributed by atoms with van der Waals surface area (Å²) in [6, 6.07) is 71.5. The molecule has 11 rings (SSSR count). The first-order valence-electron chi connectivity index (χ1n) is 18.4. The van der Waals surface area contributed by atoms with E-state index >= 15 is 0 Å². The third-order valence-electron chi connectivity index (χ3n) is 10.7. The number of rotatable bonds is 5. The maximum Gasteiger partial charge on any atom is 0.151 e. The second-order valence-corrected chi connectivity index (χ2v) is 13.8. The highest BCUT2D eigenvalue weighted by molar-refractivity contribution is 6.15. The van der Waals surface area contributed by atoms with Crippen molar-refractivity contribution in [1.29, 1.82) is 0 Å². The monoisotopic (exact) mass is 691 g/mol. The quantitative estimate of drug-likeness (QED) is 0.168. The van der Waals surface area contributed by atoms with Gasteiger partial charge in [-0.2, -0.15) is 0 Å². The molecule has 4 nitrogen and oxygen atoms in total. The first kappa shape index (κ1) is 30.3. The molecule has 0 aliphatic carbocycles. The fourth-order valence-electron chi connectivity index (χ4n) is 8.36. The lowest BCUT2D eigenvalue weighted by Gasteiger charge is -2.33. The standard InChI is InChI=1S/C50H33N3O/c1-2-16-35(17-3-1)51(48-31-34-15-4-5-20-39(34)40-21-6-7-22-41(40)48)38-29-30-45-43(33-38)42-23-8-9-24-44(42)52(45)36-18-14-19-37(32-36)53-46-25-10-12-27-49(46)54-50-28-13-11-26-47(50)53/h1-33H. The highest BCUT2D eigenvalue weighted by atomic mass is 16.5. The minimum atomic E-state index is 0.841.